The lowest BCUT2D eigenvalue weighted by Crippen LogP contribution is -2.46. The summed E-state index contributed by atoms with van der Waals surface area (Å²) in [6, 6.07) is 4.06. The molecule has 12 heteroatoms. The van der Waals surface area contributed by atoms with E-state index in [1.54, 1.807) is 0 Å². The Labute approximate surface area is 154 Å². The predicted molar refractivity (Wildman–Crippen MR) is 95.0 cm³/mol. The molecule has 1 saturated carbocycles. The van der Waals surface area contributed by atoms with E-state index in [2.05, 4.69) is 9.44 Å². The smallest absolute Gasteiger partial charge is 0.264 e. The topological polar surface area (TPSA) is 136 Å². The maximum atomic E-state index is 12.6. The van der Waals surface area contributed by atoms with Crippen molar-refractivity contribution in [3.05, 3.63) is 24.3 Å². The van der Waals surface area contributed by atoms with Gasteiger partial charge in [0.05, 0.1) is 22.2 Å². The molecule has 0 heterocycles. The molecule has 0 bridgehead atoms. The Morgan fingerprint density at radius 1 is 0.885 bits per heavy atom. The van der Waals surface area contributed by atoms with Crippen molar-refractivity contribution in [3.63, 3.8) is 0 Å². The zero-order chi connectivity index (χ0) is 19.6. The molecule has 2 atom stereocenters. The first kappa shape index (κ1) is 21.3. The number of sulfonamides is 2. The summed E-state index contributed by atoms with van der Waals surface area (Å²) in [5.41, 5.74) is 0. The second kappa shape index (κ2) is 7.90. The van der Waals surface area contributed by atoms with E-state index in [0.29, 0.717) is 12.8 Å². The van der Waals surface area contributed by atoms with Crippen LogP contribution in [0.4, 0.5) is 0 Å². The van der Waals surface area contributed by atoms with Crippen LogP contribution < -0.4 is 9.44 Å². The molecule has 2 N–H and O–H groups in total. The molecule has 2 rings (SSSR count). The summed E-state index contributed by atoms with van der Waals surface area (Å²) in [5, 5.41) is 0. The van der Waals surface area contributed by atoms with Gasteiger partial charge in [-0.25, -0.2) is 26.3 Å². The molecular weight excluding hydrogens is 404 g/mol. The van der Waals surface area contributed by atoms with E-state index in [4.69, 9.17) is 4.18 Å². The van der Waals surface area contributed by atoms with Crippen LogP contribution in [0.25, 0.3) is 0 Å². The van der Waals surface area contributed by atoms with Gasteiger partial charge in [0.15, 0.2) is 0 Å². The van der Waals surface area contributed by atoms with Crippen molar-refractivity contribution in [2.75, 3.05) is 13.3 Å². The number of nitrogens with one attached hydrogen (secondary N) is 2. The van der Waals surface area contributed by atoms with E-state index in [1.165, 1.54) is 31.3 Å². The Morgan fingerprint density at radius 3 is 1.88 bits per heavy atom. The SMILES string of the molecule is CNS(=O)(=O)c1ccc(S(=O)(=O)NC2CCCCC2OS(C)(=O)=O)cc1. The van der Waals surface area contributed by atoms with E-state index >= 15 is 0 Å². The first-order chi connectivity index (χ1) is 11.9. The molecule has 148 valence electrons. The van der Waals surface area contributed by atoms with Crippen molar-refractivity contribution < 1.29 is 29.4 Å². The molecule has 0 radical (unpaired) electrons. The molecule has 0 spiro atoms. The molecule has 1 aliphatic rings. The summed E-state index contributed by atoms with van der Waals surface area (Å²) >= 11 is 0. The van der Waals surface area contributed by atoms with Gasteiger partial charge in [0.2, 0.25) is 20.0 Å². The maximum Gasteiger partial charge on any atom is 0.264 e. The standard InChI is InChI=1S/C14H22N2O7S3/c1-15-25(19,20)11-7-9-12(10-8-11)26(21,22)16-13-5-3-4-6-14(13)23-24(2,17)18/h7-10,13-16H,3-6H2,1-2H3. The highest BCUT2D eigenvalue weighted by Crippen LogP contribution is 2.24. The second-order valence-corrected chi connectivity index (χ2v) is 11.2. The molecule has 26 heavy (non-hydrogen) atoms. The van der Waals surface area contributed by atoms with Gasteiger partial charge in [-0.05, 0) is 44.2 Å². The van der Waals surface area contributed by atoms with Crippen molar-refractivity contribution in [1.29, 1.82) is 0 Å². The van der Waals surface area contributed by atoms with Crippen LogP contribution >= 0.6 is 0 Å². The number of benzene rings is 1. The summed E-state index contributed by atoms with van der Waals surface area (Å²) in [5.74, 6) is 0. The molecule has 0 amide bonds. The molecule has 9 nitrogen and oxygen atoms in total. The first-order valence-electron chi connectivity index (χ1n) is 7.89. The molecule has 0 aliphatic heterocycles. The van der Waals surface area contributed by atoms with Crippen LogP contribution in [0.1, 0.15) is 25.7 Å². The van der Waals surface area contributed by atoms with Crippen molar-refractivity contribution in [2.45, 2.75) is 47.6 Å². The maximum absolute atomic E-state index is 12.6. The van der Waals surface area contributed by atoms with Gasteiger partial charge in [-0.15, -0.1) is 0 Å². The van der Waals surface area contributed by atoms with Crippen molar-refractivity contribution >= 4 is 30.2 Å². The fourth-order valence-electron chi connectivity index (χ4n) is 2.75. The lowest BCUT2D eigenvalue weighted by molar-refractivity contribution is 0.133. The van der Waals surface area contributed by atoms with Gasteiger partial charge in [0, 0.05) is 6.04 Å². The fraction of sp³-hybridized carbons (Fsp3) is 0.571. The van der Waals surface area contributed by atoms with Gasteiger partial charge >= 0.3 is 0 Å². The van der Waals surface area contributed by atoms with Gasteiger partial charge < -0.3 is 0 Å². The van der Waals surface area contributed by atoms with Crippen molar-refractivity contribution in [2.24, 2.45) is 0 Å². The van der Waals surface area contributed by atoms with Gasteiger partial charge in [-0.2, -0.15) is 8.42 Å². The average Bonchev–Trinajstić information content (AvgIpc) is 2.55. The Morgan fingerprint density at radius 2 is 1.38 bits per heavy atom. The molecular formula is C14H22N2O7S3. The van der Waals surface area contributed by atoms with Crippen LogP contribution in [-0.2, 0) is 34.3 Å². The lowest BCUT2D eigenvalue weighted by Gasteiger charge is -2.30. The van der Waals surface area contributed by atoms with Gasteiger partial charge in [0.25, 0.3) is 10.1 Å². The van der Waals surface area contributed by atoms with Crippen LogP contribution in [-0.4, -0.2) is 50.7 Å². The first-order valence-corrected chi connectivity index (χ1v) is 12.7. The molecule has 0 saturated heterocycles. The highest BCUT2D eigenvalue weighted by atomic mass is 32.2. The zero-order valence-electron chi connectivity index (χ0n) is 14.4. The summed E-state index contributed by atoms with van der Waals surface area (Å²) in [6.07, 6.45) is 2.53. The molecule has 1 fully saturated rings. The minimum atomic E-state index is -3.96. The largest absolute Gasteiger partial charge is 0.265 e. The third-order valence-corrected chi connectivity index (χ3v) is 7.55. The number of hydrogen-bond acceptors (Lipinski definition) is 7. The van der Waals surface area contributed by atoms with E-state index in [1.807, 2.05) is 0 Å². The van der Waals surface area contributed by atoms with Crippen molar-refractivity contribution in [3.8, 4) is 0 Å². The van der Waals surface area contributed by atoms with Crippen LogP contribution in [0.3, 0.4) is 0 Å². The molecule has 1 aliphatic carbocycles. The van der Waals surface area contributed by atoms with E-state index < -0.39 is 42.3 Å². The molecule has 2 unspecified atom stereocenters. The van der Waals surface area contributed by atoms with E-state index in [-0.39, 0.29) is 9.79 Å². The monoisotopic (exact) mass is 426 g/mol. The summed E-state index contributed by atoms with van der Waals surface area (Å²) in [4.78, 5) is -0.175. The van der Waals surface area contributed by atoms with E-state index in [0.717, 1.165) is 19.1 Å². The highest BCUT2D eigenvalue weighted by molar-refractivity contribution is 7.90. The Bertz CT molecular complexity index is 939. The Kier molecular flexibility index (Phi) is 6.46. The summed E-state index contributed by atoms with van der Waals surface area (Å²) in [6.45, 7) is 0. The van der Waals surface area contributed by atoms with Gasteiger partial charge in [-0.3, -0.25) is 4.18 Å². The lowest BCUT2D eigenvalue weighted by atomic mass is 9.93. The minimum absolute atomic E-state index is 0.0603. The van der Waals surface area contributed by atoms with Crippen LogP contribution in [0.15, 0.2) is 34.1 Å². The summed E-state index contributed by atoms with van der Waals surface area (Å²) < 4.78 is 80.9. The highest BCUT2D eigenvalue weighted by Gasteiger charge is 2.32. The fourth-order valence-corrected chi connectivity index (χ4v) is 5.46. The van der Waals surface area contributed by atoms with Gasteiger partial charge in [-0.1, -0.05) is 12.8 Å². The van der Waals surface area contributed by atoms with Crippen LogP contribution in [0, 0.1) is 0 Å². The normalized spacial score (nSPS) is 22.2. The van der Waals surface area contributed by atoms with Crippen LogP contribution in [0.5, 0.6) is 0 Å². The second-order valence-electron chi connectivity index (χ2n) is 6.03. The minimum Gasteiger partial charge on any atom is -0.265 e. The average molecular weight is 427 g/mol. The molecule has 1 aromatic carbocycles. The predicted octanol–water partition coefficient (Wildman–Crippen LogP) is 0.160. The van der Waals surface area contributed by atoms with E-state index in [9.17, 15) is 25.3 Å². The quantitative estimate of drug-likeness (QED) is 0.593. The third-order valence-electron chi connectivity index (χ3n) is 4.02. The molecule has 1 aromatic rings. The van der Waals surface area contributed by atoms with Crippen LogP contribution in [0.2, 0.25) is 0 Å². The third kappa shape index (κ3) is 5.47. The Balaban J connectivity index is 2.21. The van der Waals surface area contributed by atoms with Crippen molar-refractivity contribution in [1.82, 2.24) is 9.44 Å². The summed E-state index contributed by atoms with van der Waals surface area (Å²) in [7, 11) is -10.1. The molecule has 0 aromatic heterocycles. The number of hydrogen-bond donors (Lipinski definition) is 2. The zero-order valence-corrected chi connectivity index (χ0v) is 16.8. The van der Waals surface area contributed by atoms with Gasteiger partial charge in [0.1, 0.15) is 0 Å². The Hall–Kier alpha value is -1.05. The number of rotatable bonds is 7.